The summed E-state index contributed by atoms with van der Waals surface area (Å²) in [4.78, 5) is 23.9. The third kappa shape index (κ3) is 3.59. The second-order valence-electron chi connectivity index (χ2n) is 5.60. The van der Waals surface area contributed by atoms with Crippen molar-refractivity contribution in [3.8, 4) is 22.3 Å². The van der Waals surface area contributed by atoms with E-state index in [-0.39, 0.29) is 20.3 Å². The Morgan fingerprint density at radius 1 is 0.741 bits per heavy atom. The molecule has 136 valence electrons. The maximum atomic E-state index is 12.1. The van der Waals surface area contributed by atoms with Gasteiger partial charge in [0.2, 0.25) is 0 Å². The monoisotopic (exact) mass is 476 g/mol. The van der Waals surface area contributed by atoms with Crippen LogP contribution < -0.4 is 0 Å². The molecular formula is C20H13IO6. The number of carboxylic acid groups (broad SMARTS) is 2. The largest absolute Gasteiger partial charge is 0.478 e. The lowest BCUT2D eigenvalue weighted by molar-refractivity contribution is 0.0695. The zero-order chi connectivity index (χ0) is 19.6. The summed E-state index contributed by atoms with van der Waals surface area (Å²) >= 11 is -4.30. The molecule has 0 radical (unpaired) electrons. The van der Waals surface area contributed by atoms with Crippen LogP contribution in [0.5, 0.6) is 0 Å². The minimum atomic E-state index is -4.30. The summed E-state index contributed by atoms with van der Waals surface area (Å²) in [6.07, 6.45) is 0. The fourth-order valence-corrected chi connectivity index (χ4v) is 4.80. The number of aromatic carboxylic acids is 2. The number of benzene rings is 3. The van der Waals surface area contributed by atoms with E-state index in [0.717, 1.165) is 0 Å². The van der Waals surface area contributed by atoms with Gasteiger partial charge in [0.05, 0.1) is 14.7 Å². The highest BCUT2D eigenvalue weighted by Gasteiger charge is 2.29. The molecule has 6 nitrogen and oxygen atoms in total. The summed E-state index contributed by atoms with van der Waals surface area (Å²) < 4.78 is 23.9. The van der Waals surface area contributed by atoms with Gasteiger partial charge in [-0.3, -0.25) is 0 Å². The van der Waals surface area contributed by atoms with E-state index in [1.54, 1.807) is 60.7 Å². The number of carboxylic acids is 2. The fraction of sp³-hybridized carbons (Fsp3) is 0. The second-order valence-corrected chi connectivity index (χ2v) is 7.91. The van der Waals surface area contributed by atoms with Gasteiger partial charge in [-0.25, -0.2) is 15.7 Å². The number of carbonyl (C=O) groups is 2. The van der Waals surface area contributed by atoms with Crippen LogP contribution in [-0.4, -0.2) is 22.2 Å². The predicted octanol–water partition coefficient (Wildman–Crippen LogP) is 4.78. The standard InChI is InChI=1S/C20H13IO6/c22-19(23)15-11-14(12-7-3-1-4-8-12)18(21(26)27)17(20(24)25)16(15)13-9-5-2-6-10-13/h1-11H,(H,22,23)(H,24,25). The first-order valence-electron chi connectivity index (χ1n) is 7.75. The lowest BCUT2D eigenvalue weighted by Crippen LogP contribution is -2.11. The zero-order valence-corrected chi connectivity index (χ0v) is 15.9. The Balaban J connectivity index is 2.54. The number of hydrogen-bond donors (Lipinski definition) is 2. The first-order valence-corrected chi connectivity index (χ1v) is 10.6. The Labute approximate surface area is 161 Å². The molecule has 0 heterocycles. The van der Waals surface area contributed by atoms with Gasteiger partial charge in [-0.2, -0.15) is 0 Å². The molecule has 0 saturated carbocycles. The Hall–Kier alpha value is -3.07. The molecule has 3 rings (SSSR count). The molecule has 0 aliphatic rings. The zero-order valence-electron chi connectivity index (χ0n) is 13.8. The minimum Gasteiger partial charge on any atom is -0.478 e. The van der Waals surface area contributed by atoms with Crippen molar-refractivity contribution in [1.82, 2.24) is 0 Å². The van der Waals surface area contributed by atoms with Crippen LogP contribution in [0.25, 0.3) is 22.3 Å². The summed E-state index contributed by atoms with van der Waals surface area (Å²) in [5, 5.41) is 19.5. The SMILES string of the molecule is O=C(O)c1cc(-c2ccccc2)c(I(=O)=O)c(C(=O)O)c1-c1ccccc1. The van der Waals surface area contributed by atoms with Crippen molar-refractivity contribution in [2.75, 3.05) is 0 Å². The summed E-state index contributed by atoms with van der Waals surface area (Å²) in [6, 6.07) is 17.6. The molecule has 0 aliphatic heterocycles. The first-order chi connectivity index (χ1) is 12.9. The molecule has 27 heavy (non-hydrogen) atoms. The molecule has 0 bridgehead atoms. The third-order valence-electron chi connectivity index (χ3n) is 4.01. The van der Waals surface area contributed by atoms with E-state index in [4.69, 9.17) is 0 Å². The van der Waals surface area contributed by atoms with E-state index in [0.29, 0.717) is 11.1 Å². The highest BCUT2D eigenvalue weighted by molar-refractivity contribution is 14.2. The van der Waals surface area contributed by atoms with Crippen molar-refractivity contribution in [2.45, 2.75) is 0 Å². The fourth-order valence-electron chi connectivity index (χ4n) is 2.92. The minimum absolute atomic E-state index is 0.0836. The van der Waals surface area contributed by atoms with Crippen LogP contribution in [0.15, 0.2) is 66.7 Å². The summed E-state index contributed by atoms with van der Waals surface area (Å²) in [6.45, 7) is 0. The molecule has 0 saturated heterocycles. The maximum Gasteiger partial charge on any atom is 0.342 e. The first kappa shape index (κ1) is 18.7. The van der Waals surface area contributed by atoms with Crippen LogP contribution in [-0.2, 0) is 6.14 Å². The molecule has 0 unspecified atom stereocenters. The lowest BCUT2D eigenvalue weighted by atomic mass is 9.90. The Bertz CT molecular complexity index is 1090. The van der Waals surface area contributed by atoms with Crippen molar-refractivity contribution in [3.05, 3.63) is 81.4 Å². The van der Waals surface area contributed by atoms with Crippen LogP contribution in [0, 0.1) is 3.57 Å². The van der Waals surface area contributed by atoms with Crippen molar-refractivity contribution in [2.24, 2.45) is 0 Å². The predicted molar refractivity (Wildman–Crippen MR) is 105 cm³/mol. The van der Waals surface area contributed by atoms with Crippen LogP contribution in [0.3, 0.4) is 0 Å². The molecule has 7 heteroatoms. The molecule has 3 aromatic carbocycles. The van der Waals surface area contributed by atoms with Crippen molar-refractivity contribution in [3.63, 3.8) is 0 Å². The molecular weight excluding hydrogens is 463 g/mol. The topological polar surface area (TPSA) is 109 Å². The van der Waals surface area contributed by atoms with Gasteiger partial charge in [-0.05, 0) is 17.2 Å². The van der Waals surface area contributed by atoms with Gasteiger partial charge in [0.1, 0.15) is 0 Å². The Kier molecular flexibility index (Phi) is 5.31. The number of rotatable bonds is 5. The van der Waals surface area contributed by atoms with E-state index in [1.807, 2.05) is 0 Å². The Morgan fingerprint density at radius 2 is 1.26 bits per heavy atom. The molecule has 0 amide bonds. The number of halogens is 1. The lowest BCUT2D eigenvalue weighted by Gasteiger charge is -2.16. The molecule has 0 spiro atoms. The molecule has 0 aromatic heterocycles. The molecule has 0 atom stereocenters. The third-order valence-corrected chi connectivity index (χ3v) is 6.01. The average Bonchev–Trinajstić information content (AvgIpc) is 2.67. The van der Waals surface area contributed by atoms with E-state index in [1.165, 1.54) is 6.07 Å². The van der Waals surface area contributed by atoms with Gasteiger partial charge in [-0.15, -0.1) is 0 Å². The summed E-state index contributed by atoms with van der Waals surface area (Å²) in [7, 11) is 0. The van der Waals surface area contributed by atoms with Gasteiger partial charge in [-0.1, -0.05) is 60.7 Å². The highest BCUT2D eigenvalue weighted by Crippen LogP contribution is 2.40. The van der Waals surface area contributed by atoms with Crippen molar-refractivity contribution >= 4 is 31.7 Å². The van der Waals surface area contributed by atoms with Crippen LogP contribution in [0.4, 0.5) is 0 Å². The summed E-state index contributed by atoms with van der Waals surface area (Å²) in [5.41, 5.74) is -0.0364. The number of hydrogen-bond acceptors (Lipinski definition) is 4. The van der Waals surface area contributed by atoms with E-state index < -0.39 is 37.3 Å². The van der Waals surface area contributed by atoms with Crippen LogP contribution in [0.1, 0.15) is 20.7 Å². The summed E-state index contributed by atoms with van der Waals surface area (Å²) in [5.74, 6) is -2.82. The smallest absolute Gasteiger partial charge is 0.342 e. The van der Waals surface area contributed by atoms with Gasteiger partial charge in [0, 0.05) is 11.1 Å². The Morgan fingerprint density at radius 3 is 1.70 bits per heavy atom. The van der Waals surface area contributed by atoms with E-state index in [2.05, 4.69) is 0 Å². The van der Waals surface area contributed by atoms with E-state index in [9.17, 15) is 25.9 Å². The average molecular weight is 476 g/mol. The van der Waals surface area contributed by atoms with Crippen LogP contribution >= 0.6 is 19.8 Å². The van der Waals surface area contributed by atoms with Crippen molar-refractivity contribution < 1.29 is 25.9 Å². The van der Waals surface area contributed by atoms with Crippen LogP contribution in [0.2, 0.25) is 0 Å². The van der Waals surface area contributed by atoms with Gasteiger partial charge >= 0.3 is 31.7 Å². The van der Waals surface area contributed by atoms with Gasteiger partial charge in [0.25, 0.3) is 0 Å². The van der Waals surface area contributed by atoms with Gasteiger partial charge < -0.3 is 10.2 Å². The quantitative estimate of drug-likeness (QED) is 0.513. The molecule has 3 aromatic rings. The maximum absolute atomic E-state index is 12.1. The molecule has 0 fully saturated rings. The van der Waals surface area contributed by atoms with E-state index >= 15 is 0 Å². The highest BCUT2D eigenvalue weighted by atomic mass is 127. The van der Waals surface area contributed by atoms with Crippen molar-refractivity contribution in [1.29, 1.82) is 0 Å². The van der Waals surface area contributed by atoms with Gasteiger partial charge in [0.15, 0.2) is 0 Å². The molecule has 2 N–H and O–H groups in total. The molecule has 0 aliphatic carbocycles. The normalized spacial score (nSPS) is 10.7. The second kappa shape index (κ2) is 7.67.